The van der Waals surface area contributed by atoms with E-state index in [0.29, 0.717) is 25.1 Å². The maximum atomic E-state index is 13.1. The minimum absolute atomic E-state index is 0.164. The summed E-state index contributed by atoms with van der Waals surface area (Å²) in [6.07, 6.45) is 5.14. The van der Waals surface area contributed by atoms with Crippen LogP contribution in [0.3, 0.4) is 0 Å². The summed E-state index contributed by atoms with van der Waals surface area (Å²) in [5.74, 6) is -0.843. The minimum atomic E-state index is -0.619. The molecule has 3 aliphatic heterocycles. The van der Waals surface area contributed by atoms with Gasteiger partial charge in [0.2, 0.25) is 11.8 Å². The van der Waals surface area contributed by atoms with Crippen LogP contribution in [0.4, 0.5) is 0 Å². The van der Waals surface area contributed by atoms with Crippen LogP contribution in [0.1, 0.15) is 47.2 Å². The van der Waals surface area contributed by atoms with Gasteiger partial charge in [0, 0.05) is 55.9 Å². The molecule has 3 aromatic rings. The van der Waals surface area contributed by atoms with Gasteiger partial charge in [-0.1, -0.05) is 6.07 Å². The first-order chi connectivity index (χ1) is 18.0. The van der Waals surface area contributed by atoms with Gasteiger partial charge in [0.05, 0.1) is 12.3 Å². The van der Waals surface area contributed by atoms with Gasteiger partial charge in [0.1, 0.15) is 11.7 Å². The lowest BCUT2D eigenvalue weighted by molar-refractivity contribution is -0.136. The molecular weight excluding hydrogens is 470 g/mol. The van der Waals surface area contributed by atoms with Gasteiger partial charge in [-0.3, -0.25) is 24.6 Å². The lowest BCUT2D eigenvalue weighted by Crippen LogP contribution is -2.52. The average Bonchev–Trinajstić information content (AvgIpc) is 3.62. The van der Waals surface area contributed by atoms with Crippen molar-refractivity contribution in [1.29, 1.82) is 0 Å². The maximum Gasteiger partial charge on any atom is 0.255 e. The molecule has 0 radical (unpaired) electrons. The number of pyridine rings is 1. The molecule has 3 aliphatic rings. The van der Waals surface area contributed by atoms with E-state index < -0.39 is 11.9 Å². The van der Waals surface area contributed by atoms with Crippen molar-refractivity contribution >= 4 is 28.8 Å². The average molecular weight is 502 g/mol. The topological polar surface area (TPSA) is 96.8 Å². The molecule has 1 N–H and O–H groups in total. The van der Waals surface area contributed by atoms with Crippen LogP contribution in [0.5, 0.6) is 0 Å². The minimum Gasteiger partial charge on any atom is -0.383 e. The number of hydrogen-bond acceptors (Lipinski definition) is 6. The summed E-state index contributed by atoms with van der Waals surface area (Å²) >= 11 is 0. The molecule has 2 fully saturated rings. The summed E-state index contributed by atoms with van der Waals surface area (Å²) in [6.45, 7) is 4.78. The zero-order chi connectivity index (χ0) is 25.5. The Morgan fingerprint density at radius 1 is 1.11 bits per heavy atom. The van der Waals surface area contributed by atoms with Crippen LogP contribution in [0.2, 0.25) is 0 Å². The quantitative estimate of drug-likeness (QED) is 0.500. The Labute approximate surface area is 215 Å². The Bertz CT molecular complexity index is 1390. The highest BCUT2D eigenvalue weighted by Crippen LogP contribution is 2.33. The van der Waals surface area contributed by atoms with Crippen LogP contribution in [0.25, 0.3) is 22.3 Å². The number of benzene rings is 1. The van der Waals surface area contributed by atoms with E-state index in [1.54, 1.807) is 12.0 Å². The zero-order valence-electron chi connectivity index (χ0n) is 21.0. The Morgan fingerprint density at radius 3 is 2.73 bits per heavy atom. The summed E-state index contributed by atoms with van der Waals surface area (Å²) in [7, 11) is 1.70. The summed E-state index contributed by atoms with van der Waals surface area (Å²) in [6, 6.07) is 9.52. The molecule has 2 aromatic heterocycles. The van der Waals surface area contributed by atoms with Gasteiger partial charge in [0.15, 0.2) is 0 Å². The number of aromatic nitrogens is 2. The third-order valence-electron chi connectivity index (χ3n) is 7.77. The summed E-state index contributed by atoms with van der Waals surface area (Å²) in [5, 5.41) is 3.52. The van der Waals surface area contributed by atoms with Gasteiger partial charge in [-0.15, -0.1) is 0 Å². The number of carbonyl (C=O) groups excluding carboxylic acids is 3. The molecule has 0 aliphatic carbocycles. The molecule has 9 nitrogen and oxygen atoms in total. The second-order valence-electron chi connectivity index (χ2n) is 10.2. The van der Waals surface area contributed by atoms with Gasteiger partial charge in [0.25, 0.3) is 5.91 Å². The number of hydrogen-bond donors (Lipinski definition) is 1. The Balaban J connectivity index is 1.34. The molecule has 0 spiro atoms. The summed E-state index contributed by atoms with van der Waals surface area (Å²) in [4.78, 5) is 46.2. The Morgan fingerprint density at radius 2 is 1.95 bits per heavy atom. The van der Waals surface area contributed by atoms with Crippen LogP contribution >= 0.6 is 0 Å². The van der Waals surface area contributed by atoms with Crippen molar-refractivity contribution in [2.75, 3.05) is 26.8 Å². The number of nitrogens with one attached hydrogen (secondary N) is 1. The number of carbonyl (C=O) groups is 3. The predicted molar refractivity (Wildman–Crippen MR) is 138 cm³/mol. The van der Waals surface area contributed by atoms with Gasteiger partial charge in [-0.05, 0) is 67.7 Å². The lowest BCUT2D eigenvalue weighted by atomic mass is 10.0. The van der Waals surface area contributed by atoms with Crippen molar-refractivity contribution in [2.24, 2.45) is 0 Å². The predicted octanol–water partition coefficient (Wildman–Crippen LogP) is 2.71. The highest BCUT2D eigenvalue weighted by atomic mass is 16.5. The van der Waals surface area contributed by atoms with Gasteiger partial charge >= 0.3 is 0 Å². The number of likely N-dealkylation sites (tertiary alicyclic amines) is 1. The number of rotatable bonds is 7. The number of ether oxygens (including phenoxy) is 1. The highest BCUT2D eigenvalue weighted by Gasteiger charge is 2.39. The standard InChI is InChI=1S/C28H31N5O4/c1-37-13-12-32-11-8-21-20(16-31-9-2-3-10-31)15-23(29-26(21)32)18-4-5-22-19(14-18)17-33(28(22)36)24-6-7-25(34)30-27(24)35/h4-5,8,11,14-15,24H,2-3,6-7,9-10,12-13,16-17H2,1H3,(H,30,34,35). The second kappa shape index (κ2) is 9.72. The fourth-order valence-corrected chi connectivity index (χ4v) is 5.79. The number of fused-ring (bicyclic) bond motifs is 2. The number of amides is 3. The number of nitrogens with zero attached hydrogens (tertiary/aromatic N) is 4. The molecule has 1 unspecified atom stereocenters. The van der Waals surface area contributed by atoms with Crippen molar-refractivity contribution in [3.63, 3.8) is 0 Å². The summed E-state index contributed by atoms with van der Waals surface area (Å²) < 4.78 is 7.45. The third kappa shape index (κ3) is 4.42. The van der Waals surface area contributed by atoms with Gasteiger partial charge < -0.3 is 14.2 Å². The van der Waals surface area contributed by atoms with E-state index in [9.17, 15) is 14.4 Å². The first-order valence-corrected chi connectivity index (χ1v) is 13.0. The molecule has 2 saturated heterocycles. The van der Waals surface area contributed by atoms with E-state index in [2.05, 4.69) is 33.1 Å². The van der Waals surface area contributed by atoms with Crippen molar-refractivity contribution in [3.8, 4) is 11.3 Å². The van der Waals surface area contributed by atoms with Crippen LogP contribution in [0, 0.1) is 0 Å². The lowest BCUT2D eigenvalue weighted by Gasteiger charge is -2.29. The van der Waals surface area contributed by atoms with Crippen LogP contribution < -0.4 is 5.32 Å². The van der Waals surface area contributed by atoms with Crippen LogP contribution in [0.15, 0.2) is 36.5 Å². The van der Waals surface area contributed by atoms with E-state index in [1.807, 2.05) is 18.2 Å². The Hall–Kier alpha value is -3.56. The largest absolute Gasteiger partial charge is 0.383 e. The first-order valence-electron chi connectivity index (χ1n) is 13.0. The SMILES string of the molecule is COCCn1ccc2c(CN3CCCC3)cc(-c3ccc4c(c3)CN(C3CCC(=O)NC3=O)C4=O)nc21. The molecular formula is C28H31N5O4. The molecule has 3 amide bonds. The van der Waals surface area contributed by atoms with Crippen LogP contribution in [-0.2, 0) is 34.0 Å². The van der Waals surface area contributed by atoms with E-state index in [1.165, 1.54) is 18.4 Å². The fourth-order valence-electron chi connectivity index (χ4n) is 5.79. The zero-order valence-corrected chi connectivity index (χ0v) is 21.0. The smallest absolute Gasteiger partial charge is 0.255 e. The fraction of sp³-hybridized carbons (Fsp3) is 0.429. The van der Waals surface area contributed by atoms with E-state index in [4.69, 9.17) is 9.72 Å². The van der Waals surface area contributed by atoms with Crippen LogP contribution in [-0.4, -0.2) is 69.9 Å². The van der Waals surface area contributed by atoms with Crippen molar-refractivity contribution in [2.45, 2.75) is 51.4 Å². The van der Waals surface area contributed by atoms with E-state index in [-0.39, 0.29) is 18.2 Å². The first kappa shape index (κ1) is 23.8. The molecule has 37 heavy (non-hydrogen) atoms. The van der Waals surface area contributed by atoms with E-state index in [0.717, 1.165) is 54.0 Å². The van der Waals surface area contributed by atoms with Gasteiger partial charge in [-0.25, -0.2) is 4.98 Å². The monoisotopic (exact) mass is 501 g/mol. The molecule has 9 heteroatoms. The molecule has 5 heterocycles. The molecule has 0 saturated carbocycles. The number of piperidine rings is 1. The van der Waals surface area contributed by atoms with Gasteiger partial charge in [-0.2, -0.15) is 0 Å². The van der Waals surface area contributed by atoms with Crippen molar-refractivity contribution < 1.29 is 19.1 Å². The van der Waals surface area contributed by atoms with Crippen molar-refractivity contribution in [3.05, 3.63) is 53.2 Å². The van der Waals surface area contributed by atoms with E-state index >= 15 is 0 Å². The normalized spacial score (nSPS) is 20.2. The molecule has 1 atom stereocenters. The highest BCUT2D eigenvalue weighted by molar-refractivity contribution is 6.05. The molecule has 192 valence electrons. The number of imide groups is 1. The molecule has 1 aromatic carbocycles. The van der Waals surface area contributed by atoms with Crippen molar-refractivity contribution in [1.82, 2.24) is 24.7 Å². The number of methoxy groups -OCH3 is 1. The molecule has 0 bridgehead atoms. The summed E-state index contributed by atoms with van der Waals surface area (Å²) in [5.41, 5.74) is 5.49. The molecule has 6 rings (SSSR count). The second-order valence-corrected chi connectivity index (χ2v) is 10.2. The Kier molecular flexibility index (Phi) is 6.26. The third-order valence-corrected chi connectivity index (χ3v) is 7.77. The maximum absolute atomic E-state index is 13.1.